The van der Waals surface area contributed by atoms with Crippen molar-refractivity contribution in [2.75, 3.05) is 0 Å². The van der Waals surface area contributed by atoms with Crippen LogP contribution in [-0.2, 0) is 22.7 Å². The van der Waals surface area contributed by atoms with Crippen molar-refractivity contribution in [3.8, 4) is 0 Å². The van der Waals surface area contributed by atoms with Gasteiger partial charge in [0.1, 0.15) is 19.0 Å². The minimum absolute atomic E-state index is 0.478. The van der Waals surface area contributed by atoms with Crippen LogP contribution in [0.5, 0.6) is 0 Å². The van der Waals surface area contributed by atoms with Crippen LogP contribution in [0.15, 0.2) is 84.0 Å². The SMILES string of the molecule is C/C(N)=C/C(OCc1ccccc1)=C(\C)OCc1ccccc1. The van der Waals surface area contributed by atoms with E-state index >= 15 is 0 Å². The second-order valence-electron chi connectivity index (χ2n) is 5.36. The Morgan fingerprint density at radius 2 is 1.30 bits per heavy atom. The molecular weight excluding hydrogens is 286 g/mol. The standard InChI is InChI=1S/C20H23NO2/c1-16(21)13-20(23-15-19-11-7-4-8-12-19)17(2)22-14-18-9-5-3-6-10-18/h3-13H,14-15,21H2,1-2H3/b16-13-,20-17-. The first-order valence-corrected chi connectivity index (χ1v) is 7.63. The van der Waals surface area contributed by atoms with Crippen molar-refractivity contribution in [3.63, 3.8) is 0 Å². The lowest BCUT2D eigenvalue weighted by Gasteiger charge is -2.13. The summed E-state index contributed by atoms with van der Waals surface area (Å²) in [6, 6.07) is 20.1. The maximum atomic E-state index is 5.89. The van der Waals surface area contributed by atoms with Gasteiger partial charge in [-0.3, -0.25) is 0 Å². The Hall–Kier alpha value is -2.68. The Bertz CT molecular complexity index is 657. The van der Waals surface area contributed by atoms with E-state index in [9.17, 15) is 0 Å². The van der Waals surface area contributed by atoms with Crippen molar-refractivity contribution in [2.24, 2.45) is 5.73 Å². The van der Waals surface area contributed by atoms with Crippen molar-refractivity contribution in [2.45, 2.75) is 27.1 Å². The van der Waals surface area contributed by atoms with E-state index in [1.54, 1.807) is 6.08 Å². The zero-order valence-electron chi connectivity index (χ0n) is 13.7. The number of nitrogens with two attached hydrogens (primary N) is 1. The van der Waals surface area contributed by atoms with Crippen LogP contribution in [0.2, 0.25) is 0 Å². The zero-order chi connectivity index (χ0) is 16.5. The molecule has 23 heavy (non-hydrogen) atoms. The summed E-state index contributed by atoms with van der Waals surface area (Å²) in [4.78, 5) is 0. The molecule has 0 amide bonds. The highest BCUT2D eigenvalue weighted by atomic mass is 16.5. The van der Waals surface area contributed by atoms with Gasteiger partial charge in [-0.2, -0.15) is 0 Å². The van der Waals surface area contributed by atoms with Crippen molar-refractivity contribution >= 4 is 0 Å². The summed E-state index contributed by atoms with van der Waals surface area (Å²) >= 11 is 0. The maximum absolute atomic E-state index is 5.89. The molecule has 0 heterocycles. The van der Waals surface area contributed by atoms with Gasteiger partial charge in [0.2, 0.25) is 0 Å². The number of benzene rings is 2. The van der Waals surface area contributed by atoms with Gasteiger partial charge < -0.3 is 15.2 Å². The fraction of sp³-hybridized carbons (Fsp3) is 0.200. The summed E-state index contributed by atoms with van der Waals surface area (Å²) in [6.07, 6.45) is 1.79. The molecule has 0 fully saturated rings. The summed E-state index contributed by atoms with van der Waals surface area (Å²) in [6.45, 7) is 4.70. The average Bonchev–Trinajstić information content (AvgIpc) is 2.58. The Balaban J connectivity index is 2.04. The van der Waals surface area contributed by atoms with Crippen LogP contribution in [0.25, 0.3) is 0 Å². The minimum atomic E-state index is 0.478. The van der Waals surface area contributed by atoms with Crippen molar-refractivity contribution < 1.29 is 9.47 Å². The molecule has 120 valence electrons. The number of ether oxygens (including phenoxy) is 2. The Morgan fingerprint density at radius 3 is 1.78 bits per heavy atom. The molecule has 0 spiro atoms. The van der Waals surface area contributed by atoms with Gasteiger partial charge >= 0.3 is 0 Å². The summed E-state index contributed by atoms with van der Waals surface area (Å²) in [5.74, 6) is 1.37. The molecule has 0 saturated carbocycles. The van der Waals surface area contributed by atoms with E-state index in [0.29, 0.717) is 24.7 Å². The number of rotatable bonds is 7. The Morgan fingerprint density at radius 1 is 0.826 bits per heavy atom. The van der Waals surface area contributed by atoms with Crippen LogP contribution in [-0.4, -0.2) is 0 Å². The third-order valence-corrected chi connectivity index (χ3v) is 3.24. The molecule has 0 aromatic heterocycles. The molecular formula is C20H23NO2. The molecule has 3 nitrogen and oxygen atoms in total. The van der Waals surface area contributed by atoms with Crippen molar-refractivity contribution in [1.82, 2.24) is 0 Å². The van der Waals surface area contributed by atoms with Crippen LogP contribution in [0.3, 0.4) is 0 Å². The molecule has 0 saturated heterocycles. The smallest absolute Gasteiger partial charge is 0.158 e. The molecule has 0 aliphatic heterocycles. The van der Waals surface area contributed by atoms with E-state index in [0.717, 1.165) is 16.9 Å². The monoisotopic (exact) mass is 309 g/mol. The lowest BCUT2D eigenvalue weighted by Crippen LogP contribution is -2.01. The molecule has 3 heteroatoms. The first-order chi connectivity index (χ1) is 11.1. The molecule has 0 atom stereocenters. The lowest BCUT2D eigenvalue weighted by molar-refractivity contribution is 0.148. The molecule has 0 aliphatic rings. The van der Waals surface area contributed by atoms with Crippen molar-refractivity contribution in [1.29, 1.82) is 0 Å². The highest BCUT2D eigenvalue weighted by Gasteiger charge is 2.05. The first kappa shape index (κ1) is 16.7. The molecule has 2 rings (SSSR count). The third kappa shape index (κ3) is 5.91. The van der Waals surface area contributed by atoms with Gasteiger partial charge in [-0.15, -0.1) is 0 Å². The second kappa shape index (κ2) is 8.69. The van der Waals surface area contributed by atoms with Gasteiger partial charge in [0, 0.05) is 11.8 Å². The molecule has 0 unspecified atom stereocenters. The van der Waals surface area contributed by atoms with Crippen LogP contribution in [0.4, 0.5) is 0 Å². The molecule has 2 N–H and O–H groups in total. The predicted octanol–water partition coefficient (Wildman–Crippen LogP) is 4.51. The summed E-state index contributed by atoms with van der Waals surface area (Å²) < 4.78 is 11.7. The maximum Gasteiger partial charge on any atom is 0.158 e. The molecule has 0 radical (unpaired) electrons. The van der Waals surface area contributed by atoms with Gasteiger partial charge in [-0.1, -0.05) is 60.7 Å². The Kier molecular flexibility index (Phi) is 6.30. The van der Waals surface area contributed by atoms with Crippen molar-refractivity contribution in [3.05, 3.63) is 95.1 Å². The first-order valence-electron chi connectivity index (χ1n) is 7.63. The fourth-order valence-corrected chi connectivity index (χ4v) is 2.02. The van der Waals surface area contributed by atoms with Gasteiger partial charge in [0.05, 0.1) is 0 Å². The molecule has 2 aromatic carbocycles. The Labute approximate surface area is 138 Å². The van der Waals surface area contributed by atoms with E-state index in [-0.39, 0.29) is 0 Å². The van der Waals surface area contributed by atoms with Gasteiger partial charge in [0.25, 0.3) is 0 Å². The summed E-state index contributed by atoms with van der Waals surface area (Å²) in [5, 5.41) is 0. The summed E-state index contributed by atoms with van der Waals surface area (Å²) in [5.41, 5.74) is 8.69. The second-order valence-corrected chi connectivity index (χ2v) is 5.36. The molecule has 0 bridgehead atoms. The third-order valence-electron chi connectivity index (χ3n) is 3.24. The molecule has 2 aromatic rings. The van der Waals surface area contributed by atoms with E-state index in [2.05, 4.69) is 0 Å². The van der Waals surface area contributed by atoms with Gasteiger partial charge in [-0.05, 0) is 25.0 Å². The van der Waals surface area contributed by atoms with E-state index < -0.39 is 0 Å². The van der Waals surface area contributed by atoms with E-state index in [1.165, 1.54) is 0 Å². The van der Waals surface area contributed by atoms with Crippen LogP contribution < -0.4 is 5.73 Å². The van der Waals surface area contributed by atoms with E-state index in [1.807, 2.05) is 74.5 Å². The highest BCUT2D eigenvalue weighted by molar-refractivity contribution is 5.21. The number of allylic oxidation sites excluding steroid dienone is 3. The zero-order valence-corrected chi connectivity index (χ0v) is 13.7. The van der Waals surface area contributed by atoms with Crippen LogP contribution >= 0.6 is 0 Å². The average molecular weight is 309 g/mol. The predicted molar refractivity (Wildman–Crippen MR) is 93.1 cm³/mol. The van der Waals surface area contributed by atoms with Crippen LogP contribution in [0, 0.1) is 0 Å². The quantitative estimate of drug-likeness (QED) is 0.604. The van der Waals surface area contributed by atoms with Crippen LogP contribution in [0.1, 0.15) is 25.0 Å². The number of hydrogen-bond donors (Lipinski definition) is 1. The largest absolute Gasteiger partial charge is 0.490 e. The summed E-state index contributed by atoms with van der Waals surface area (Å²) in [7, 11) is 0. The van der Waals surface area contributed by atoms with E-state index in [4.69, 9.17) is 15.2 Å². The minimum Gasteiger partial charge on any atom is -0.490 e. The molecule has 0 aliphatic carbocycles. The van der Waals surface area contributed by atoms with Gasteiger partial charge in [-0.25, -0.2) is 0 Å². The highest BCUT2D eigenvalue weighted by Crippen LogP contribution is 2.15. The topological polar surface area (TPSA) is 44.5 Å². The normalized spacial score (nSPS) is 12.5. The van der Waals surface area contributed by atoms with Gasteiger partial charge in [0.15, 0.2) is 5.76 Å². The fourth-order valence-electron chi connectivity index (χ4n) is 2.02. The lowest BCUT2D eigenvalue weighted by atomic mass is 10.2. The number of hydrogen-bond acceptors (Lipinski definition) is 3.